The summed E-state index contributed by atoms with van der Waals surface area (Å²) in [6, 6.07) is 13.4. The fourth-order valence-electron chi connectivity index (χ4n) is 2.62. The van der Waals surface area contributed by atoms with Gasteiger partial charge in [0.1, 0.15) is 11.4 Å². The average molecular weight is 266 g/mol. The van der Waals surface area contributed by atoms with Gasteiger partial charge >= 0.3 is 0 Å². The van der Waals surface area contributed by atoms with Crippen molar-refractivity contribution >= 4 is 5.78 Å². The molecule has 20 heavy (non-hydrogen) atoms. The van der Waals surface area contributed by atoms with Crippen molar-refractivity contribution in [1.29, 1.82) is 0 Å². The summed E-state index contributed by atoms with van der Waals surface area (Å²) in [5.41, 5.74) is 3.56. The lowest BCUT2D eigenvalue weighted by molar-refractivity contribution is 0.103. The summed E-state index contributed by atoms with van der Waals surface area (Å²) >= 11 is 0. The summed E-state index contributed by atoms with van der Waals surface area (Å²) in [6.45, 7) is 6.14. The lowest BCUT2D eigenvalue weighted by Gasteiger charge is -2.16. The van der Waals surface area contributed by atoms with Gasteiger partial charge in [-0.05, 0) is 44.5 Å². The first-order valence-electron chi connectivity index (χ1n) is 6.88. The van der Waals surface area contributed by atoms with E-state index in [0.717, 1.165) is 34.4 Å². The zero-order chi connectivity index (χ0) is 14.3. The molecule has 2 aromatic carbocycles. The quantitative estimate of drug-likeness (QED) is 0.770. The lowest BCUT2D eigenvalue weighted by atomic mass is 9.97. The molecule has 0 aliphatic carbocycles. The molecule has 0 spiro atoms. The van der Waals surface area contributed by atoms with E-state index < -0.39 is 0 Å². The summed E-state index contributed by atoms with van der Waals surface area (Å²) in [4.78, 5) is 12.5. The predicted octanol–water partition coefficient (Wildman–Crippen LogP) is 3.94. The zero-order valence-corrected chi connectivity index (χ0v) is 12.1. The van der Waals surface area contributed by atoms with Crippen molar-refractivity contribution in [3.05, 3.63) is 64.7 Å². The number of hydrogen-bond acceptors (Lipinski definition) is 2. The number of rotatable bonds is 2. The summed E-state index contributed by atoms with van der Waals surface area (Å²) in [5, 5.41) is 0. The molecule has 2 aromatic rings. The van der Waals surface area contributed by atoms with Crippen LogP contribution in [0.5, 0.6) is 5.75 Å². The number of benzene rings is 2. The maximum atomic E-state index is 12.5. The predicted molar refractivity (Wildman–Crippen MR) is 79.5 cm³/mol. The molecular formula is C18H18O2. The second kappa shape index (κ2) is 4.48. The highest BCUT2D eigenvalue weighted by molar-refractivity contribution is 6.09. The third-order valence-electron chi connectivity index (χ3n) is 3.64. The molecule has 0 amide bonds. The molecule has 2 nitrogen and oxygen atoms in total. The van der Waals surface area contributed by atoms with Crippen molar-refractivity contribution in [3.63, 3.8) is 0 Å². The van der Waals surface area contributed by atoms with Gasteiger partial charge < -0.3 is 4.74 Å². The van der Waals surface area contributed by atoms with Crippen LogP contribution in [0.1, 0.15) is 40.9 Å². The first-order valence-corrected chi connectivity index (χ1v) is 6.88. The SMILES string of the molecule is Cc1ccc(C(=O)c2ccc3c(c2)CC(C)(C)O3)cc1. The normalized spacial score (nSPS) is 15.6. The van der Waals surface area contributed by atoms with Crippen LogP contribution in [-0.4, -0.2) is 11.4 Å². The van der Waals surface area contributed by atoms with Crippen LogP contribution in [0.15, 0.2) is 42.5 Å². The van der Waals surface area contributed by atoms with Crippen LogP contribution in [0.2, 0.25) is 0 Å². The van der Waals surface area contributed by atoms with Gasteiger partial charge in [-0.25, -0.2) is 0 Å². The topological polar surface area (TPSA) is 26.3 Å². The Balaban J connectivity index is 1.93. The molecule has 0 aromatic heterocycles. The van der Waals surface area contributed by atoms with Gasteiger partial charge in [-0.1, -0.05) is 29.8 Å². The number of aryl methyl sites for hydroxylation is 1. The molecule has 1 heterocycles. The molecular weight excluding hydrogens is 248 g/mol. The van der Waals surface area contributed by atoms with E-state index in [1.54, 1.807) is 0 Å². The number of carbonyl (C=O) groups excluding carboxylic acids is 1. The molecule has 0 bridgehead atoms. The van der Waals surface area contributed by atoms with Crippen molar-refractivity contribution in [1.82, 2.24) is 0 Å². The number of fused-ring (bicyclic) bond motifs is 1. The third-order valence-corrected chi connectivity index (χ3v) is 3.64. The van der Waals surface area contributed by atoms with Crippen molar-refractivity contribution in [3.8, 4) is 5.75 Å². The lowest BCUT2D eigenvalue weighted by Crippen LogP contribution is -2.24. The van der Waals surface area contributed by atoms with Gasteiger partial charge in [0.25, 0.3) is 0 Å². The van der Waals surface area contributed by atoms with Crippen LogP contribution in [0, 0.1) is 6.92 Å². The molecule has 0 saturated heterocycles. The van der Waals surface area contributed by atoms with Crippen LogP contribution < -0.4 is 4.74 Å². The molecule has 0 atom stereocenters. The van der Waals surface area contributed by atoms with Crippen LogP contribution in [0.25, 0.3) is 0 Å². The highest BCUT2D eigenvalue weighted by Gasteiger charge is 2.30. The highest BCUT2D eigenvalue weighted by atomic mass is 16.5. The van der Waals surface area contributed by atoms with Crippen LogP contribution in [0.3, 0.4) is 0 Å². The minimum atomic E-state index is -0.173. The number of hydrogen-bond donors (Lipinski definition) is 0. The molecule has 0 N–H and O–H groups in total. The van der Waals surface area contributed by atoms with Gasteiger partial charge in [0.15, 0.2) is 5.78 Å². The second-order valence-electron chi connectivity index (χ2n) is 6.06. The summed E-state index contributed by atoms with van der Waals surface area (Å²) in [7, 11) is 0. The molecule has 0 saturated carbocycles. The molecule has 1 aliphatic heterocycles. The Bertz CT molecular complexity index is 666. The van der Waals surface area contributed by atoms with Gasteiger partial charge in [-0.2, -0.15) is 0 Å². The maximum Gasteiger partial charge on any atom is 0.193 e. The van der Waals surface area contributed by atoms with Crippen LogP contribution in [0.4, 0.5) is 0 Å². The Hall–Kier alpha value is -2.09. The van der Waals surface area contributed by atoms with E-state index in [9.17, 15) is 4.79 Å². The van der Waals surface area contributed by atoms with E-state index in [0.29, 0.717) is 0 Å². The van der Waals surface area contributed by atoms with Gasteiger partial charge in [-0.15, -0.1) is 0 Å². The van der Waals surface area contributed by atoms with Crippen molar-refractivity contribution in [2.24, 2.45) is 0 Å². The van der Waals surface area contributed by atoms with Crippen LogP contribution in [-0.2, 0) is 6.42 Å². The molecule has 1 aliphatic rings. The maximum absolute atomic E-state index is 12.5. The Kier molecular flexibility index (Phi) is 2.89. The smallest absolute Gasteiger partial charge is 0.193 e. The van der Waals surface area contributed by atoms with Crippen molar-refractivity contribution in [2.45, 2.75) is 32.8 Å². The van der Waals surface area contributed by atoms with Crippen LogP contribution >= 0.6 is 0 Å². The molecule has 0 unspecified atom stereocenters. The zero-order valence-electron chi connectivity index (χ0n) is 12.1. The highest BCUT2D eigenvalue weighted by Crippen LogP contribution is 2.35. The molecule has 3 rings (SSSR count). The third kappa shape index (κ3) is 2.34. The number of carbonyl (C=O) groups is 1. The standard InChI is InChI=1S/C18H18O2/c1-12-4-6-13(7-5-12)17(19)14-8-9-16-15(10-14)11-18(2,3)20-16/h4-10H,11H2,1-3H3. The summed E-state index contributed by atoms with van der Waals surface area (Å²) in [6.07, 6.45) is 0.845. The van der Waals surface area contributed by atoms with E-state index in [4.69, 9.17) is 4.74 Å². The summed E-state index contributed by atoms with van der Waals surface area (Å²) in [5.74, 6) is 0.966. The minimum Gasteiger partial charge on any atom is -0.487 e. The number of ketones is 1. The molecule has 0 radical (unpaired) electrons. The average Bonchev–Trinajstić information content (AvgIpc) is 2.71. The molecule has 0 fully saturated rings. The van der Waals surface area contributed by atoms with Gasteiger partial charge in [0.05, 0.1) is 0 Å². The van der Waals surface area contributed by atoms with E-state index >= 15 is 0 Å². The van der Waals surface area contributed by atoms with Gasteiger partial charge in [-0.3, -0.25) is 4.79 Å². The Morgan fingerprint density at radius 2 is 1.70 bits per heavy atom. The molecule has 102 valence electrons. The minimum absolute atomic E-state index is 0.0671. The van der Waals surface area contributed by atoms with Gasteiger partial charge in [0, 0.05) is 17.5 Å². The Morgan fingerprint density at radius 1 is 1.05 bits per heavy atom. The Labute approximate surface area is 119 Å². The second-order valence-corrected chi connectivity index (χ2v) is 6.06. The van der Waals surface area contributed by atoms with E-state index in [-0.39, 0.29) is 11.4 Å². The van der Waals surface area contributed by atoms with E-state index in [2.05, 4.69) is 13.8 Å². The summed E-state index contributed by atoms with van der Waals surface area (Å²) < 4.78 is 5.84. The van der Waals surface area contributed by atoms with E-state index in [1.807, 2.05) is 49.4 Å². The number of ether oxygens (including phenoxy) is 1. The first kappa shape index (κ1) is 12.9. The van der Waals surface area contributed by atoms with Crippen molar-refractivity contribution < 1.29 is 9.53 Å². The van der Waals surface area contributed by atoms with E-state index in [1.165, 1.54) is 0 Å². The van der Waals surface area contributed by atoms with Gasteiger partial charge in [0.2, 0.25) is 0 Å². The van der Waals surface area contributed by atoms with Crippen molar-refractivity contribution in [2.75, 3.05) is 0 Å². The molecule has 2 heteroatoms. The largest absolute Gasteiger partial charge is 0.487 e. The Morgan fingerprint density at radius 3 is 2.40 bits per heavy atom. The monoisotopic (exact) mass is 266 g/mol. The fourth-order valence-corrected chi connectivity index (χ4v) is 2.62. The fraction of sp³-hybridized carbons (Fsp3) is 0.278. The first-order chi connectivity index (χ1) is 9.44.